The number of aryl methyl sites for hydroxylation is 1. The highest BCUT2D eigenvalue weighted by Gasteiger charge is 2.16. The molecule has 6 nitrogen and oxygen atoms in total. The van der Waals surface area contributed by atoms with Gasteiger partial charge in [-0.05, 0) is 24.1 Å². The number of phenols is 1. The van der Waals surface area contributed by atoms with Crippen LogP contribution in [0.3, 0.4) is 0 Å². The average molecular weight is 293 g/mol. The number of hydrogen-bond donors (Lipinski definition) is 2. The normalized spacial score (nSPS) is 16.9. The summed E-state index contributed by atoms with van der Waals surface area (Å²) in [6.07, 6.45) is 2.26. The summed E-state index contributed by atoms with van der Waals surface area (Å²) in [6.45, 7) is 2.01. The number of aromatic hydroxyl groups is 1. The molecule has 0 spiro atoms. The van der Waals surface area contributed by atoms with E-state index < -0.39 is 0 Å². The molecule has 1 aliphatic heterocycles. The van der Waals surface area contributed by atoms with Gasteiger partial charge in [-0.3, -0.25) is 4.79 Å². The minimum atomic E-state index is -0.0820. The number of amides is 1. The van der Waals surface area contributed by atoms with Crippen molar-refractivity contribution in [1.82, 2.24) is 5.32 Å². The molecule has 1 fully saturated rings. The lowest BCUT2D eigenvalue weighted by atomic mass is 10.1. The van der Waals surface area contributed by atoms with E-state index in [-0.39, 0.29) is 11.7 Å². The van der Waals surface area contributed by atoms with Gasteiger partial charge in [0.25, 0.3) is 0 Å². The largest absolute Gasteiger partial charge is 0.504 e. The molecule has 106 valence electrons. The molecule has 0 bridgehead atoms. The summed E-state index contributed by atoms with van der Waals surface area (Å²) in [5, 5.41) is 20.8. The van der Waals surface area contributed by atoms with Crippen LogP contribution in [0.1, 0.15) is 18.1 Å². The Bertz CT molecular complexity index is 584. The molecule has 0 unspecified atom stereocenters. The SMILES string of the molecule is CCc1cc(C=NN=C2NC(=O)CS2)c(O)c(OC)c1. The third-order valence-electron chi connectivity index (χ3n) is 2.72. The minimum Gasteiger partial charge on any atom is -0.504 e. The van der Waals surface area contributed by atoms with Gasteiger partial charge in [0, 0.05) is 5.56 Å². The number of carbonyl (C=O) groups excluding carboxylic acids is 1. The maximum absolute atomic E-state index is 11.0. The Morgan fingerprint density at radius 3 is 2.95 bits per heavy atom. The van der Waals surface area contributed by atoms with Gasteiger partial charge in [0.15, 0.2) is 16.7 Å². The zero-order chi connectivity index (χ0) is 14.5. The number of amidine groups is 1. The van der Waals surface area contributed by atoms with Crippen molar-refractivity contribution in [2.24, 2.45) is 10.2 Å². The summed E-state index contributed by atoms with van der Waals surface area (Å²) in [5.41, 5.74) is 1.55. The molecule has 1 saturated heterocycles. The lowest BCUT2D eigenvalue weighted by molar-refractivity contribution is -0.116. The molecule has 7 heteroatoms. The van der Waals surface area contributed by atoms with Crippen LogP contribution in [0, 0.1) is 0 Å². The molecule has 0 saturated carbocycles. The van der Waals surface area contributed by atoms with Gasteiger partial charge in [-0.2, -0.15) is 5.10 Å². The molecule has 2 N–H and O–H groups in total. The summed E-state index contributed by atoms with van der Waals surface area (Å²) in [4.78, 5) is 11.0. The Hall–Kier alpha value is -2.02. The first-order valence-electron chi connectivity index (χ1n) is 6.07. The second-order valence-corrected chi connectivity index (χ2v) is 5.04. The van der Waals surface area contributed by atoms with Crippen molar-refractivity contribution in [2.45, 2.75) is 13.3 Å². The van der Waals surface area contributed by atoms with Gasteiger partial charge in [-0.25, -0.2) is 0 Å². The summed E-state index contributed by atoms with van der Waals surface area (Å²) in [7, 11) is 1.50. The molecule has 2 rings (SSSR count). The molecular formula is C13H15N3O3S. The van der Waals surface area contributed by atoms with Gasteiger partial charge in [-0.15, -0.1) is 5.10 Å². The number of ether oxygens (including phenoxy) is 1. The third kappa shape index (κ3) is 3.30. The Morgan fingerprint density at radius 1 is 1.55 bits per heavy atom. The first-order chi connectivity index (χ1) is 9.63. The van der Waals surface area contributed by atoms with Crippen molar-refractivity contribution in [3.8, 4) is 11.5 Å². The fourth-order valence-corrected chi connectivity index (χ4v) is 2.30. The second kappa shape index (κ2) is 6.42. The highest BCUT2D eigenvalue weighted by atomic mass is 32.2. The Labute approximate surface area is 120 Å². The molecule has 1 aromatic carbocycles. The van der Waals surface area contributed by atoms with Crippen molar-refractivity contribution in [2.75, 3.05) is 12.9 Å². The van der Waals surface area contributed by atoms with Crippen molar-refractivity contribution >= 4 is 29.1 Å². The van der Waals surface area contributed by atoms with E-state index in [4.69, 9.17) is 4.74 Å². The van der Waals surface area contributed by atoms with Crippen LogP contribution >= 0.6 is 11.8 Å². The zero-order valence-corrected chi connectivity index (χ0v) is 12.0. The zero-order valence-electron chi connectivity index (χ0n) is 11.2. The van der Waals surface area contributed by atoms with Crippen LogP contribution in [0.5, 0.6) is 11.5 Å². The van der Waals surface area contributed by atoms with Crippen LogP contribution < -0.4 is 10.1 Å². The highest BCUT2D eigenvalue weighted by molar-refractivity contribution is 8.15. The quantitative estimate of drug-likeness (QED) is 0.651. The molecular weight excluding hydrogens is 278 g/mol. The lowest BCUT2D eigenvalue weighted by Gasteiger charge is -2.08. The molecule has 0 aromatic heterocycles. The fraction of sp³-hybridized carbons (Fsp3) is 0.308. The Morgan fingerprint density at radius 2 is 2.35 bits per heavy atom. The molecule has 1 heterocycles. The van der Waals surface area contributed by atoms with Gasteiger partial charge in [0.05, 0.1) is 19.1 Å². The number of benzene rings is 1. The lowest BCUT2D eigenvalue weighted by Crippen LogP contribution is -2.19. The van der Waals surface area contributed by atoms with Gasteiger partial charge in [-0.1, -0.05) is 18.7 Å². The standard InChI is InChI=1S/C13H15N3O3S/c1-3-8-4-9(12(18)10(5-8)19-2)6-14-16-13-15-11(17)7-20-13/h4-6,18H,3,7H2,1-2H3,(H,15,16,17). The number of rotatable bonds is 4. The summed E-state index contributed by atoms with van der Waals surface area (Å²) < 4.78 is 5.11. The van der Waals surface area contributed by atoms with Crippen LogP contribution in [-0.4, -0.2) is 35.3 Å². The average Bonchev–Trinajstić information content (AvgIpc) is 2.86. The van der Waals surface area contributed by atoms with Gasteiger partial charge >= 0.3 is 0 Å². The van der Waals surface area contributed by atoms with Gasteiger partial charge in [0.1, 0.15) is 0 Å². The van der Waals surface area contributed by atoms with Crippen molar-refractivity contribution < 1.29 is 14.6 Å². The van der Waals surface area contributed by atoms with Crippen molar-refractivity contribution in [3.05, 3.63) is 23.3 Å². The topological polar surface area (TPSA) is 83.3 Å². The van der Waals surface area contributed by atoms with Gasteiger partial charge in [0.2, 0.25) is 5.91 Å². The molecule has 1 amide bonds. The monoisotopic (exact) mass is 293 g/mol. The number of nitrogens with zero attached hydrogens (tertiary/aromatic N) is 2. The third-order valence-corrected chi connectivity index (χ3v) is 3.59. The predicted molar refractivity (Wildman–Crippen MR) is 79.7 cm³/mol. The molecule has 0 radical (unpaired) electrons. The molecule has 20 heavy (non-hydrogen) atoms. The maximum Gasteiger partial charge on any atom is 0.236 e. The van der Waals surface area contributed by atoms with E-state index in [1.807, 2.05) is 13.0 Å². The first kappa shape index (κ1) is 14.4. The van der Waals surface area contributed by atoms with Crippen LogP contribution in [0.4, 0.5) is 0 Å². The van der Waals surface area contributed by atoms with Crippen LogP contribution in [0.2, 0.25) is 0 Å². The molecule has 0 atom stereocenters. The molecule has 0 aliphatic carbocycles. The van der Waals surface area contributed by atoms with Gasteiger partial charge < -0.3 is 15.2 Å². The number of methoxy groups -OCH3 is 1. The fourth-order valence-electron chi connectivity index (χ4n) is 1.67. The summed E-state index contributed by atoms with van der Waals surface area (Å²) in [6, 6.07) is 3.60. The second-order valence-electron chi connectivity index (χ2n) is 4.08. The first-order valence-corrected chi connectivity index (χ1v) is 7.06. The maximum atomic E-state index is 11.0. The van der Waals surface area contributed by atoms with E-state index in [1.165, 1.54) is 25.1 Å². The number of thioether (sulfide) groups is 1. The van der Waals surface area contributed by atoms with E-state index in [2.05, 4.69) is 15.5 Å². The van der Waals surface area contributed by atoms with E-state index in [9.17, 15) is 9.90 Å². The summed E-state index contributed by atoms with van der Waals surface area (Å²) in [5.74, 6) is 0.707. The van der Waals surface area contributed by atoms with Crippen LogP contribution in [-0.2, 0) is 11.2 Å². The van der Waals surface area contributed by atoms with E-state index in [0.29, 0.717) is 22.2 Å². The van der Waals surface area contributed by atoms with Crippen molar-refractivity contribution in [1.29, 1.82) is 0 Å². The van der Waals surface area contributed by atoms with E-state index >= 15 is 0 Å². The predicted octanol–water partition coefficient (Wildman–Crippen LogP) is 1.52. The summed E-state index contributed by atoms with van der Waals surface area (Å²) >= 11 is 1.29. The molecule has 1 aliphatic rings. The number of hydrogen-bond acceptors (Lipinski definition) is 6. The Kier molecular flexibility index (Phi) is 4.62. The number of phenolic OH excluding ortho intramolecular Hbond substituents is 1. The van der Waals surface area contributed by atoms with Crippen LogP contribution in [0.15, 0.2) is 22.3 Å². The Balaban J connectivity index is 2.22. The van der Waals surface area contributed by atoms with E-state index in [0.717, 1.165) is 12.0 Å². The van der Waals surface area contributed by atoms with Crippen LogP contribution in [0.25, 0.3) is 0 Å². The van der Waals surface area contributed by atoms with Crippen molar-refractivity contribution in [3.63, 3.8) is 0 Å². The smallest absolute Gasteiger partial charge is 0.236 e. The number of nitrogens with one attached hydrogen (secondary N) is 1. The number of carbonyl (C=O) groups is 1. The van der Waals surface area contributed by atoms with E-state index in [1.54, 1.807) is 6.07 Å². The highest BCUT2D eigenvalue weighted by Crippen LogP contribution is 2.30. The minimum absolute atomic E-state index is 0.0248. The molecule has 1 aromatic rings.